The normalized spacial score (nSPS) is 12.3. The SMILES string of the molecule is CNC(C)C(=O)Nc1cc(Br)ccc1Br. The molecule has 0 heterocycles. The summed E-state index contributed by atoms with van der Waals surface area (Å²) in [7, 11) is 1.75. The summed E-state index contributed by atoms with van der Waals surface area (Å²) >= 11 is 6.73. The Morgan fingerprint density at radius 3 is 2.67 bits per heavy atom. The van der Waals surface area contributed by atoms with Gasteiger partial charge < -0.3 is 10.6 Å². The molecule has 1 rings (SSSR count). The second-order valence-electron chi connectivity index (χ2n) is 3.12. The third-order valence-electron chi connectivity index (χ3n) is 2.01. The maximum Gasteiger partial charge on any atom is 0.241 e. The molecular formula is C10H12Br2N2O. The predicted molar refractivity (Wildman–Crippen MR) is 69.0 cm³/mol. The molecule has 0 aliphatic carbocycles. The number of halogens is 2. The van der Waals surface area contributed by atoms with Gasteiger partial charge in [-0.3, -0.25) is 4.79 Å². The van der Waals surface area contributed by atoms with E-state index in [0.29, 0.717) is 0 Å². The lowest BCUT2D eigenvalue weighted by molar-refractivity contribution is -0.117. The van der Waals surface area contributed by atoms with E-state index in [-0.39, 0.29) is 11.9 Å². The average Bonchev–Trinajstić information content (AvgIpc) is 2.22. The number of anilines is 1. The van der Waals surface area contributed by atoms with Crippen LogP contribution in [0.2, 0.25) is 0 Å². The van der Waals surface area contributed by atoms with Crippen molar-refractivity contribution in [2.45, 2.75) is 13.0 Å². The van der Waals surface area contributed by atoms with Crippen LogP contribution in [0.25, 0.3) is 0 Å². The van der Waals surface area contributed by atoms with E-state index in [1.54, 1.807) is 14.0 Å². The Balaban J connectivity index is 2.80. The van der Waals surface area contributed by atoms with Gasteiger partial charge in [-0.25, -0.2) is 0 Å². The second-order valence-corrected chi connectivity index (χ2v) is 4.89. The minimum absolute atomic E-state index is 0.0590. The zero-order valence-corrected chi connectivity index (χ0v) is 11.6. The number of nitrogens with one attached hydrogen (secondary N) is 2. The van der Waals surface area contributed by atoms with Crippen molar-refractivity contribution in [1.29, 1.82) is 0 Å². The Hall–Kier alpha value is -0.390. The van der Waals surface area contributed by atoms with Gasteiger partial charge in [0, 0.05) is 8.95 Å². The molecule has 0 spiro atoms. The number of likely N-dealkylation sites (N-methyl/N-ethyl adjacent to an activating group) is 1. The number of rotatable bonds is 3. The van der Waals surface area contributed by atoms with Crippen LogP contribution in [0.4, 0.5) is 5.69 Å². The lowest BCUT2D eigenvalue weighted by atomic mass is 10.3. The van der Waals surface area contributed by atoms with Crippen molar-refractivity contribution >= 4 is 43.5 Å². The van der Waals surface area contributed by atoms with E-state index in [4.69, 9.17) is 0 Å². The van der Waals surface area contributed by atoms with E-state index in [1.165, 1.54) is 0 Å². The molecule has 2 N–H and O–H groups in total. The van der Waals surface area contributed by atoms with Crippen LogP contribution in [0.3, 0.4) is 0 Å². The van der Waals surface area contributed by atoms with E-state index in [2.05, 4.69) is 42.5 Å². The summed E-state index contributed by atoms with van der Waals surface area (Å²) < 4.78 is 1.79. The molecule has 1 aromatic rings. The smallest absolute Gasteiger partial charge is 0.241 e. The standard InChI is InChI=1S/C10H12Br2N2O/c1-6(13-2)10(15)14-9-5-7(11)3-4-8(9)12/h3-6,13H,1-2H3,(H,14,15). The summed E-state index contributed by atoms with van der Waals surface area (Å²) in [6.07, 6.45) is 0. The zero-order valence-electron chi connectivity index (χ0n) is 8.47. The van der Waals surface area contributed by atoms with Crippen molar-refractivity contribution in [1.82, 2.24) is 5.32 Å². The highest BCUT2D eigenvalue weighted by Gasteiger charge is 2.11. The highest BCUT2D eigenvalue weighted by molar-refractivity contribution is 9.11. The molecule has 0 fully saturated rings. The van der Waals surface area contributed by atoms with Gasteiger partial charge in [-0.05, 0) is 48.1 Å². The van der Waals surface area contributed by atoms with Crippen LogP contribution in [-0.4, -0.2) is 19.0 Å². The van der Waals surface area contributed by atoms with E-state index in [9.17, 15) is 4.79 Å². The molecule has 1 unspecified atom stereocenters. The van der Waals surface area contributed by atoms with E-state index in [0.717, 1.165) is 14.6 Å². The topological polar surface area (TPSA) is 41.1 Å². The molecular weight excluding hydrogens is 324 g/mol. The molecule has 1 amide bonds. The average molecular weight is 336 g/mol. The first kappa shape index (κ1) is 12.7. The molecule has 0 bridgehead atoms. The number of benzene rings is 1. The molecule has 5 heteroatoms. The first-order chi connectivity index (χ1) is 7.04. The fraction of sp³-hybridized carbons (Fsp3) is 0.300. The Bertz CT molecular complexity index is 368. The van der Waals surface area contributed by atoms with Crippen molar-refractivity contribution in [2.75, 3.05) is 12.4 Å². The Kier molecular flexibility index (Phi) is 4.76. The largest absolute Gasteiger partial charge is 0.324 e. The third-order valence-corrected chi connectivity index (χ3v) is 3.20. The van der Waals surface area contributed by atoms with Gasteiger partial charge in [-0.15, -0.1) is 0 Å². The highest BCUT2D eigenvalue weighted by Crippen LogP contribution is 2.26. The summed E-state index contributed by atoms with van der Waals surface area (Å²) in [5.41, 5.74) is 0.761. The fourth-order valence-corrected chi connectivity index (χ4v) is 1.67. The number of amides is 1. The molecule has 0 saturated heterocycles. The van der Waals surface area contributed by atoms with Crippen LogP contribution in [0.1, 0.15) is 6.92 Å². The first-order valence-electron chi connectivity index (χ1n) is 4.47. The molecule has 1 atom stereocenters. The second kappa shape index (κ2) is 5.63. The molecule has 82 valence electrons. The Morgan fingerprint density at radius 1 is 1.40 bits per heavy atom. The van der Waals surface area contributed by atoms with Gasteiger partial charge in [-0.1, -0.05) is 15.9 Å². The fourth-order valence-electron chi connectivity index (χ4n) is 0.965. The van der Waals surface area contributed by atoms with E-state index < -0.39 is 0 Å². The van der Waals surface area contributed by atoms with Gasteiger partial charge in [0.05, 0.1) is 11.7 Å². The van der Waals surface area contributed by atoms with Crippen LogP contribution >= 0.6 is 31.9 Å². The molecule has 0 radical (unpaired) electrons. The zero-order chi connectivity index (χ0) is 11.4. The molecule has 0 aliphatic rings. The molecule has 0 saturated carbocycles. The maximum atomic E-state index is 11.6. The summed E-state index contributed by atoms with van der Waals surface area (Å²) in [4.78, 5) is 11.6. The van der Waals surface area contributed by atoms with Crippen molar-refractivity contribution in [2.24, 2.45) is 0 Å². The minimum atomic E-state index is -0.212. The Morgan fingerprint density at radius 2 is 2.07 bits per heavy atom. The molecule has 15 heavy (non-hydrogen) atoms. The quantitative estimate of drug-likeness (QED) is 0.891. The van der Waals surface area contributed by atoms with Gasteiger partial charge in [0.1, 0.15) is 0 Å². The summed E-state index contributed by atoms with van der Waals surface area (Å²) in [6, 6.07) is 5.42. The van der Waals surface area contributed by atoms with Gasteiger partial charge in [0.15, 0.2) is 0 Å². The van der Waals surface area contributed by atoms with Gasteiger partial charge in [0.2, 0.25) is 5.91 Å². The lowest BCUT2D eigenvalue weighted by Gasteiger charge is -2.12. The highest BCUT2D eigenvalue weighted by atomic mass is 79.9. The number of hydrogen-bond acceptors (Lipinski definition) is 2. The predicted octanol–water partition coefficient (Wildman–Crippen LogP) is 2.76. The van der Waals surface area contributed by atoms with Crippen molar-refractivity contribution in [3.8, 4) is 0 Å². The third kappa shape index (κ3) is 3.59. The minimum Gasteiger partial charge on any atom is -0.324 e. The molecule has 3 nitrogen and oxygen atoms in total. The summed E-state index contributed by atoms with van der Waals surface area (Å²) in [6.45, 7) is 1.81. The number of carbonyl (C=O) groups is 1. The number of carbonyl (C=O) groups excluding carboxylic acids is 1. The maximum absolute atomic E-state index is 11.6. The lowest BCUT2D eigenvalue weighted by Crippen LogP contribution is -2.35. The first-order valence-corrected chi connectivity index (χ1v) is 6.06. The van der Waals surface area contributed by atoms with Crippen LogP contribution in [0.5, 0.6) is 0 Å². The number of hydrogen-bond donors (Lipinski definition) is 2. The van der Waals surface area contributed by atoms with Crippen LogP contribution in [0, 0.1) is 0 Å². The van der Waals surface area contributed by atoms with E-state index in [1.807, 2.05) is 18.2 Å². The monoisotopic (exact) mass is 334 g/mol. The van der Waals surface area contributed by atoms with Crippen molar-refractivity contribution < 1.29 is 4.79 Å². The van der Waals surface area contributed by atoms with Crippen molar-refractivity contribution in [3.63, 3.8) is 0 Å². The summed E-state index contributed by atoms with van der Waals surface area (Å²) in [5.74, 6) is -0.0590. The summed E-state index contributed by atoms with van der Waals surface area (Å²) in [5, 5.41) is 5.70. The van der Waals surface area contributed by atoms with Crippen LogP contribution < -0.4 is 10.6 Å². The van der Waals surface area contributed by atoms with E-state index >= 15 is 0 Å². The van der Waals surface area contributed by atoms with Crippen LogP contribution in [-0.2, 0) is 4.79 Å². The molecule has 0 aliphatic heterocycles. The van der Waals surface area contributed by atoms with Crippen molar-refractivity contribution in [3.05, 3.63) is 27.1 Å². The molecule has 0 aromatic heterocycles. The Labute approximate surface area is 106 Å². The van der Waals surface area contributed by atoms with Gasteiger partial charge >= 0.3 is 0 Å². The van der Waals surface area contributed by atoms with Crippen LogP contribution in [0.15, 0.2) is 27.1 Å². The van der Waals surface area contributed by atoms with Gasteiger partial charge in [-0.2, -0.15) is 0 Å². The molecule has 1 aromatic carbocycles. The van der Waals surface area contributed by atoms with Gasteiger partial charge in [0.25, 0.3) is 0 Å².